The molecule has 1 N–H and O–H groups in total. The fourth-order valence-corrected chi connectivity index (χ4v) is 2.94. The lowest BCUT2D eigenvalue weighted by Gasteiger charge is -2.20. The van der Waals surface area contributed by atoms with E-state index in [4.69, 9.17) is 0 Å². The highest BCUT2D eigenvalue weighted by molar-refractivity contribution is 6.33. The molecule has 0 heterocycles. The van der Waals surface area contributed by atoms with Gasteiger partial charge in [-0.05, 0) is 23.6 Å². The van der Waals surface area contributed by atoms with E-state index in [1.165, 1.54) is 6.07 Å². The Morgan fingerprint density at radius 1 is 0.944 bits per heavy atom. The van der Waals surface area contributed by atoms with E-state index in [9.17, 15) is 14.7 Å². The first-order chi connectivity index (χ1) is 8.68. The molecular weight excluding hydrogens is 228 g/mol. The van der Waals surface area contributed by atoms with Gasteiger partial charge in [-0.15, -0.1) is 0 Å². The van der Waals surface area contributed by atoms with Crippen LogP contribution in [0.3, 0.4) is 0 Å². The van der Waals surface area contributed by atoms with Gasteiger partial charge in [0.05, 0.1) is 5.56 Å². The number of aromatic hydroxyl groups is 1. The van der Waals surface area contributed by atoms with Gasteiger partial charge in [0.1, 0.15) is 5.75 Å². The summed E-state index contributed by atoms with van der Waals surface area (Å²) in [5.74, 6) is -0.494. The van der Waals surface area contributed by atoms with Gasteiger partial charge in [0, 0.05) is 16.7 Å². The number of carbonyl (C=O) groups is 2. The van der Waals surface area contributed by atoms with Crippen molar-refractivity contribution in [3.63, 3.8) is 0 Å². The van der Waals surface area contributed by atoms with Gasteiger partial charge in [0.2, 0.25) is 0 Å². The molecule has 0 amide bonds. The van der Waals surface area contributed by atoms with Crippen LogP contribution in [0.2, 0.25) is 0 Å². The molecule has 4 rings (SSSR count). The summed E-state index contributed by atoms with van der Waals surface area (Å²) >= 11 is 0. The molecule has 86 valence electrons. The quantitative estimate of drug-likeness (QED) is 0.752. The monoisotopic (exact) mass is 236 g/mol. The predicted octanol–water partition coefficient (Wildman–Crippen LogP) is 2.34. The van der Waals surface area contributed by atoms with Gasteiger partial charge in [-0.2, -0.15) is 0 Å². The highest BCUT2D eigenvalue weighted by Gasteiger charge is 2.41. The molecule has 0 radical (unpaired) electrons. The van der Waals surface area contributed by atoms with Crippen LogP contribution in [0.5, 0.6) is 5.75 Å². The number of benzene rings is 1. The zero-order valence-electron chi connectivity index (χ0n) is 9.36. The van der Waals surface area contributed by atoms with Crippen LogP contribution >= 0.6 is 0 Å². The largest absolute Gasteiger partial charge is 0.507 e. The van der Waals surface area contributed by atoms with Crippen molar-refractivity contribution in [2.45, 2.75) is 6.42 Å². The first kappa shape index (κ1) is 9.59. The number of hydrogen-bond donors (Lipinski definition) is 1. The highest BCUT2D eigenvalue weighted by atomic mass is 16.3. The number of hydrogen-bond acceptors (Lipinski definition) is 3. The average Bonchev–Trinajstić information content (AvgIpc) is 2.96. The van der Waals surface area contributed by atoms with E-state index >= 15 is 0 Å². The summed E-state index contributed by atoms with van der Waals surface area (Å²) in [7, 11) is 0. The van der Waals surface area contributed by atoms with Crippen LogP contribution in [0.4, 0.5) is 0 Å². The molecule has 1 aromatic carbocycles. The molecule has 2 bridgehead atoms. The van der Waals surface area contributed by atoms with Gasteiger partial charge < -0.3 is 5.11 Å². The van der Waals surface area contributed by atoms with Gasteiger partial charge in [-0.25, -0.2) is 0 Å². The Bertz CT molecular complexity index is 745. The topological polar surface area (TPSA) is 54.4 Å². The molecule has 0 saturated carbocycles. The standard InChI is InChI=1S/C15H8O3/c16-10-3-1-2-9-13(10)15(18)12-8-5-4-7(6-8)11(12)14(9)17/h1-5,16H,6H2. The maximum atomic E-state index is 12.4. The Morgan fingerprint density at radius 3 is 2.33 bits per heavy atom. The second kappa shape index (κ2) is 2.88. The van der Waals surface area contributed by atoms with Crippen molar-refractivity contribution in [2.24, 2.45) is 0 Å². The van der Waals surface area contributed by atoms with E-state index in [0.717, 1.165) is 11.1 Å². The lowest BCUT2D eigenvalue weighted by Crippen LogP contribution is -2.23. The molecule has 0 atom stereocenters. The SMILES string of the molecule is O=C1C2=C3C=CC(=C2C(=O)c2c(O)cccc21)C3. The van der Waals surface area contributed by atoms with Gasteiger partial charge in [0.15, 0.2) is 11.6 Å². The van der Waals surface area contributed by atoms with E-state index in [-0.39, 0.29) is 22.9 Å². The second-order valence-electron chi connectivity index (χ2n) is 4.67. The Labute approximate surface area is 103 Å². The number of Topliss-reactive ketones (excluding diaryl/α,β-unsaturated/α-hetero) is 2. The number of carbonyl (C=O) groups excluding carboxylic acids is 2. The Hall–Kier alpha value is -2.42. The van der Waals surface area contributed by atoms with Crippen molar-refractivity contribution in [1.82, 2.24) is 0 Å². The maximum absolute atomic E-state index is 12.4. The van der Waals surface area contributed by atoms with E-state index < -0.39 is 0 Å². The van der Waals surface area contributed by atoms with Crippen LogP contribution in [0, 0.1) is 0 Å². The second-order valence-corrected chi connectivity index (χ2v) is 4.67. The fourth-order valence-electron chi connectivity index (χ4n) is 2.94. The minimum Gasteiger partial charge on any atom is -0.507 e. The van der Waals surface area contributed by atoms with Crippen LogP contribution < -0.4 is 0 Å². The highest BCUT2D eigenvalue weighted by Crippen LogP contribution is 2.46. The Balaban J connectivity index is 2.12. The van der Waals surface area contributed by atoms with Gasteiger partial charge in [-0.1, -0.05) is 24.3 Å². The van der Waals surface area contributed by atoms with Crippen molar-refractivity contribution in [3.05, 3.63) is 63.8 Å². The lowest BCUT2D eigenvalue weighted by molar-refractivity contribution is 0.0970. The summed E-state index contributed by atoms with van der Waals surface area (Å²) in [6.07, 6.45) is 4.44. The first-order valence-corrected chi connectivity index (χ1v) is 5.74. The predicted molar refractivity (Wildman–Crippen MR) is 64.6 cm³/mol. The van der Waals surface area contributed by atoms with Crippen LogP contribution in [0.15, 0.2) is 52.6 Å². The summed E-state index contributed by atoms with van der Waals surface area (Å²) in [5.41, 5.74) is 3.31. The zero-order valence-corrected chi connectivity index (χ0v) is 9.36. The molecule has 18 heavy (non-hydrogen) atoms. The van der Waals surface area contributed by atoms with E-state index in [0.29, 0.717) is 23.1 Å². The van der Waals surface area contributed by atoms with Crippen molar-refractivity contribution in [2.75, 3.05) is 0 Å². The van der Waals surface area contributed by atoms with Crippen molar-refractivity contribution < 1.29 is 14.7 Å². The molecule has 3 nitrogen and oxygen atoms in total. The molecule has 0 fully saturated rings. The number of fused-ring (bicyclic) bond motifs is 4. The summed E-state index contributed by atoms with van der Waals surface area (Å²) in [4.78, 5) is 24.8. The molecule has 0 saturated heterocycles. The van der Waals surface area contributed by atoms with Gasteiger partial charge in [-0.3, -0.25) is 9.59 Å². The molecule has 0 aromatic heterocycles. The van der Waals surface area contributed by atoms with Gasteiger partial charge >= 0.3 is 0 Å². The molecule has 1 aromatic rings. The third-order valence-electron chi connectivity index (χ3n) is 3.73. The van der Waals surface area contributed by atoms with E-state index in [2.05, 4.69) is 0 Å². The van der Waals surface area contributed by atoms with Crippen LogP contribution in [-0.4, -0.2) is 16.7 Å². The van der Waals surface area contributed by atoms with Crippen molar-refractivity contribution >= 4 is 11.6 Å². The summed E-state index contributed by atoms with van der Waals surface area (Å²) in [6.45, 7) is 0. The smallest absolute Gasteiger partial charge is 0.198 e. The Kier molecular flexibility index (Phi) is 1.53. The fraction of sp³-hybridized carbons (Fsp3) is 0.0667. The van der Waals surface area contributed by atoms with Crippen LogP contribution in [-0.2, 0) is 0 Å². The summed E-state index contributed by atoms with van der Waals surface area (Å²) < 4.78 is 0. The van der Waals surface area contributed by atoms with E-state index in [1.807, 2.05) is 12.2 Å². The third-order valence-corrected chi connectivity index (χ3v) is 3.73. The summed E-state index contributed by atoms with van der Waals surface area (Å²) in [6, 6.07) is 4.63. The molecule has 0 unspecified atom stereocenters. The zero-order chi connectivity index (χ0) is 12.4. The number of allylic oxidation sites excluding steroid dienone is 6. The molecule has 0 aliphatic heterocycles. The maximum Gasteiger partial charge on any atom is 0.198 e. The lowest BCUT2D eigenvalue weighted by atomic mass is 9.80. The summed E-state index contributed by atoms with van der Waals surface area (Å²) in [5, 5.41) is 9.80. The van der Waals surface area contributed by atoms with E-state index in [1.54, 1.807) is 12.1 Å². The Morgan fingerprint density at radius 2 is 1.61 bits per heavy atom. The molecule has 3 aliphatic rings. The normalized spacial score (nSPS) is 19.8. The van der Waals surface area contributed by atoms with Crippen molar-refractivity contribution in [3.8, 4) is 5.75 Å². The molecular formula is C15H8O3. The minimum absolute atomic E-state index is 0.116. The third kappa shape index (κ3) is 0.911. The average molecular weight is 236 g/mol. The number of phenols is 1. The van der Waals surface area contributed by atoms with Crippen LogP contribution in [0.25, 0.3) is 0 Å². The van der Waals surface area contributed by atoms with Crippen LogP contribution in [0.1, 0.15) is 27.1 Å². The number of rotatable bonds is 0. The number of phenolic OH excluding ortho intramolecular Hbond substituents is 1. The van der Waals surface area contributed by atoms with Crippen molar-refractivity contribution in [1.29, 1.82) is 0 Å². The molecule has 3 heteroatoms. The van der Waals surface area contributed by atoms with Gasteiger partial charge in [0.25, 0.3) is 0 Å². The first-order valence-electron chi connectivity index (χ1n) is 5.74. The molecule has 3 aliphatic carbocycles. The minimum atomic E-state index is -0.230. The number of ketones is 2. The molecule has 0 spiro atoms.